The molecule has 1 N–H and O–H groups in total. The van der Waals surface area contributed by atoms with E-state index in [1.165, 1.54) is 0 Å². The zero-order chi connectivity index (χ0) is 14.3. The summed E-state index contributed by atoms with van der Waals surface area (Å²) in [6.45, 7) is 8.50. The number of nitrogens with zero attached hydrogens (tertiary/aromatic N) is 3. The summed E-state index contributed by atoms with van der Waals surface area (Å²) in [7, 11) is 3.73. The molecule has 0 saturated heterocycles. The Morgan fingerprint density at radius 2 is 2.32 bits per heavy atom. The van der Waals surface area contributed by atoms with Crippen molar-refractivity contribution in [2.24, 2.45) is 4.99 Å². The second-order valence-electron chi connectivity index (χ2n) is 4.24. The fourth-order valence-corrected chi connectivity index (χ4v) is 2.46. The normalized spacial score (nSPS) is 13.4. The number of hydrogen-bond acceptors (Lipinski definition) is 4. The lowest BCUT2D eigenvalue weighted by molar-refractivity contribution is 0.119. The molecule has 0 amide bonds. The van der Waals surface area contributed by atoms with Crippen LogP contribution in [0.25, 0.3) is 0 Å². The Kier molecular flexibility index (Phi) is 6.80. The van der Waals surface area contributed by atoms with Gasteiger partial charge in [-0.2, -0.15) is 0 Å². The van der Waals surface area contributed by atoms with Gasteiger partial charge in [0, 0.05) is 32.6 Å². The first-order valence-electron chi connectivity index (χ1n) is 6.58. The number of aromatic nitrogens is 1. The van der Waals surface area contributed by atoms with Crippen molar-refractivity contribution in [3.05, 3.63) is 16.1 Å². The Morgan fingerprint density at radius 3 is 2.89 bits per heavy atom. The topological polar surface area (TPSA) is 49.8 Å². The van der Waals surface area contributed by atoms with Crippen LogP contribution in [0, 0.1) is 0 Å². The molecule has 0 bridgehead atoms. The molecule has 0 saturated carbocycles. The van der Waals surface area contributed by atoms with Crippen molar-refractivity contribution in [1.29, 1.82) is 0 Å². The van der Waals surface area contributed by atoms with Crippen molar-refractivity contribution in [3.63, 3.8) is 0 Å². The predicted octanol–water partition coefficient (Wildman–Crippen LogP) is 2.27. The molecule has 5 nitrogen and oxygen atoms in total. The fourth-order valence-electron chi connectivity index (χ4n) is 1.62. The van der Waals surface area contributed by atoms with Gasteiger partial charge < -0.3 is 15.0 Å². The Labute approximate surface area is 119 Å². The minimum atomic E-state index is 0.0570. The van der Waals surface area contributed by atoms with E-state index < -0.39 is 0 Å². The number of nitrogens with one attached hydrogen (secondary N) is 1. The average molecular weight is 284 g/mol. The van der Waals surface area contributed by atoms with E-state index in [1.807, 2.05) is 20.9 Å². The van der Waals surface area contributed by atoms with Gasteiger partial charge in [-0.25, -0.2) is 4.98 Å². The molecule has 0 aliphatic heterocycles. The van der Waals surface area contributed by atoms with E-state index in [0.717, 1.165) is 36.3 Å². The summed E-state index contributed by atoms with van der Waals surface area (Å²) < 4.78 is 5.28. The lowest BCUT2D eigenvalue weighted by Crippen LogP contribution is -2.38. The second-order valence-corrected chi connectivity index (χ2v) is 5.13. The Balaban J connectivity index is 2.67. The lowest BCUT2D eigenvalue weighted by Gasteiger charge is -2.20. The van der Waals surface area contributed by atoms with Crippen LogP contribution in [-0.2, 0) is 11.3 Å². The largest absolute Gasteiger partial charge is 0.375 e. The van der Waals surface area contributed by atoms with Crippen LogP contribution >= 0.6 is 11.3 Å². The summed E-state index contributed by atoms with van der Waals surface area (Å²) in [5.74, 6) is 0.916. The molecule has 0 aliphatic rings. The molecule has 0 radical (unpaired) electrons. The predicted molar refractivity (Wildman–Crippen MR) is 80.7 cm³/mol. The third kappa shape index (κ3) is 4.80. The maximum absolute atomic E-state index is 5.28. The van der Waals surface area contributed by atoms with Gasteiger partial charge in [-0.3, -0.25) is 4.99 Å². The van der Waals surface area contributed by atoms with E-state index in [0.29, 0.717) is 0 Å². The van der Waals surface area contributed by atoms with Crippen LogP contribution in [0.15, 0.2) is 10.4 Å². The van der Waals surface area contributed by atoms with Gasteiger partial charge in [0.25, 0.3) is 0 Å². The molecule has 0 aromatic carbocycles. The SMILES string of the molecule is CCN=C(NCC)N(C)Cc1csc([C@H](C)OC)n1. The molecular formula is C13H24N4OS. The van der Waals surface area contributed by atoms with Crippen LogP contribution in [-0.4, -0.2) is 43.1 Å². The van der Waals surface area contributed by atoms with Crippen LogP contribution < -0.4 is 5.32 Å². The van der Waals surface area contributed by atoms with Gasteiger partial charge in [0.2, 0.25) is 0 Å². The first-order chi connectivity index (χ1) is 9.12. The maximum Gasteiger partial charge on any atom is 0.193 e. The lowest BCUT2D eigenvalue weighted by atomic mass is 10.4. The van der Waals surface area contributed by atoms with E-state index >= 15 is 0 Å². The van der Waals surface area contributed by atoms with E-state index in [1.54, 1.807) is 18.4 Å². The molecule has 1 aromatic heterocycles. The minimum absolute atomic E-state index is 0.0570. The van der Waals surface area contributed by atoms with Gasteiger partial charge in [0.1, 0.15) is 11.1 Å². The number of ether oxygens (including phenoxy) is 1. The number of thiazole rings is 1. The highest BCUT2D eigenvalue weighted by atomic mass is 32.1. The van der Waals surface area contributed by atoms with Crippen molar-refractivity contribution in [2.75, 3.05) is 27.2 Å². The van der Waals surface area contributed by atoms with Gasteiger partial charge >= 0.3 is 0 Å². The summed E-state index contributed by atoms with van der Waals surface area (Å²) >= 11 is 1.64. The minimum Gasteiger partial charge on any atom is -0.375 e. The third-order valence-corrected chi connectivity index (χ3v) is 3.73. The molecule has 0 aliphatic carbocycles. The molecular weight excluding hydrogens is 260 g/mol. The van der Waals surface area contributed by atoms with Gasteiger partial charge in [0.05, 0.1) is 12.2 Å². The molecule has 108 valence electrons. The zero-order valence-corrected chi connectivity index (χ0v) is 13.3. The molecule has 1 rings (SSSR count). The van der Waals surface area contributed by atoms with E-state index in [4.69, 9.17) is 4.74 Å². The fraction of sp³-hybridized carbons (Fsp3) is 0.692. The average Bonchev–Trinajstić information content (AvgIpc) is 2.86. The molecule has 1 aromatic rings. The standard InChI is InChI=1S/C13H24N4OS/c1-6-14-13(15-7-2)17(4)8-11-9-19-12(16-11)10(3)18-5/h9-10H,6-8H2,1-5H3,(H,14,15)/t10-/m0/s1. The third-order valence-electron chi connectivity index (χ3n) is 2.67. The van der Waals surface area contributed by atoms with E-state index in [9.17, 15) is 0 Å². The number of methoxy groups -OCH3 is 1. The molecule has 19 heavy (non-hydrogen) atoms. The Bertz CT molecular complexity index is 405. The molecule has 0 fully saturated rings. The molecule has 1 heterocycles. The van der Waals surface area contributed by atoms with E-state index in [2.05, 4.69) is 32.5 Å². The zero-order valence-electron chi connectivity index (χ0n) is 12.4. The molecule has 6 heteroatoms. The highest BCUT2D eigenvalue weighted by molar-refractivity contribution is 7.09. The van der Waals surface area contributed by atoms with Gasteiger partial charge in [-0.05, 0) is 20.8 Å². The van der Waals surface area contributed by atoms with Crippen molar-refractivity contribution >= 4 is 17.3 Å². The first-order valence-corrected chi connectivity index (χ1v) is 7.46. The summed E-state index contributed by atoms with van der Waals surface area (Å²) in [5.41, 5.74) is 1.05. The van der Waals surface area contributed by atoms with E-state index in [-0.39, 0.29) is 6.10 Å². The summed E-state index contributed by atoms with van der Waals surface area (Å²) in [6.07, 6.45) is 0.0570. The second kappa shape index (κ2) is 8.12. The smallest absolute Gasteiger partial charge is 0.193 e. The maximum atomic E-state index is 5.28. The highest BCUT2D eigenvalue weighted by Gasteiger charge is 2.12. The Morgan fingerprint density at radius 1 is 1.58 bits per heavy atom. The van der Waals surface area contributed by atoms with Crippen LogP contribution in [0.5, 0.6) is 0 Å². The first kappa shape index (κ1) is 15.9. The molecule has 1 atom stereocenters. The summed E-state index contributed by atoms with van der Waals surface area (Å²) in [5, 5.41) is 6.37. The van der Waals surface area contributed by atoms with Crippen molar-refractivity contribution in [3.8, 4) is 0 Å². The van der Waals surface area contributed by atoms with Gasteiger partial charge in [-0.1, -0.05) is 0 Å². The number of hydrogen-bond donors (Lipinski definition) is 1. The molecule has 0 unspecified atom stereocenters. The quantitative estimate of drug-likeness (QED) is 0.643. The van der Waals surface area contributed by atoms with Crippen molar-refractivity contribution in [1.82, 2.24) is 15.2 Å². The summed E-state index contributed by atoms with van der Waals surface area (Å²) in [6, 6.07) is 0. The van der Waals surface area contributed by atoms with Crippen molar-refractivity contribution in [2.45, 2.75) is 33.4 Å². The number of guanidine groups is 1. The van der Waals surface area contributed by atoms with Gasteiger partial charge in [0.15, 0.2) is 5.96 Å². The monoisotopic (exact) mass is 284 g/mol. The number of rotatable bonds is 6. The van der Waals surface area contributed by atoms with Crippen molar-refractivity contribution < 1.29 is 4.74 Å². The van der Waals surface area contributed by atoms with Gasteiger partial charge in [-0.15, -0.1) is 11.3 Å². The van der Waals surface area contributed by atoms with Crippen LogP contribution in [0.4, 0.5) is 0 Å². The van der Waals surface area contributed by atoms with Crippen LogP contribution in [0.1, 0.15) is 37.6 Å². The summed E-state index contributed by atoms with van der Waals surface area (Å²) in [4.78, 5) is 11.1. The highest BCUT2D eigenvalue weighted by Crippen LogP contribution is 2.20. The van der Waals surface area contributed by atoms with Crippen LogP contribution in [0.2, 0.25) is 0 Å². The number of aliphatic imine (C=N–C) groups is 1. The van der Waals surface area contributed by atoms with Crippen LogP contribution in [0.3, 0.4) is 0 Å². The molecule has 0 spiro atoms. The Hall–Kier alpha value is -1.14.